The van der Waals surface area contributed by atoms with Crippen LogP contribution in [0.4, 0.5) is 16.0 Å². The van der Waals surface area contributed by atoms with Crippen molar-refractivity contribution in [3.63, 3.8) is 0 Å². The Morgan fingerprint density at radius 3 is 2.90 bits per heavy atom. The van der Waals surface area contributed by atoms with Crippen molar-refractivity contribution >= 4 is 33.2 Å². The molecule has 0 fully saturated rings. The van der Waals surface area contributed by atoms with Gasteiger partial charge in [0.15, 0.2) is 0 Å². The molecule has 0 unspecified atom stereocenters. The summed E-state index contributed by atoms with van der Waals surface area (Å²) in [6.45, 7) is 2.98. The van der Waals surface area contributed by atoms with Gasteiger partial charge in [0.25, 0.3) is 5.56 Å². The maximum atomic E-state index is 14.0. The highest BCUT2D eigenvalue weighted by Crippen LogP contribution is 2.34. The molecule has 0 saturated heterocycles. The van der Waals surface area contributed by atoms with E-state index in [1.165, 1.54) is 22.9 Å². The van der Waals surface area contributed by atoms with Crippen molar-refractivity contribution in [2.75, 3.05) is 5.32 Å². The molecule has 3 heterocycles. The van der Waals surface area contributed by atoms with E-state index in [1.807, 2.05) is 6.07 Å². The van der Waals surface area contributed by atoms with Crippen LogP contribution in [0.3, 0.4) is 0 Å². The van der Waals surface area contributed by atoms with E-state index in [9.17, 15) is 9.18 Å². The van der Waals surface area contributed by atoms with Gasteiger partial charge in [-0.3, -0.25) is 14.0 Å². The van der Waals surface area contributed by atoms with E-state index in [1.54, 1.807) is 45.1 Å². The molecule has 31 heavy (non-hydrogen) atoms. The number of aromatic nitrogens is 4. The predicted octanol–water partition coefficient (Wildman–Crippen LogP) is 4.87. The molecule has 4 aromatic rings. The molecule has 0 saturated carbocycles. The van der Waals surface area contributed by atoms with Gasteiger partial charge in [0, 0.05) is 23.2 Å². The average Bonchev–Trinajstić information content (AvgIpc) is 3.36. The zero-order chi connectivity index (χ0) is 21.4. The summed E-state index contributed by atoms with van der Waals surface area (Å²) < 4.78 is 17.4. The normalized spacial score (nSPS) is 13.5. The first-order valence-electron chi connectivity index (χ1n) is 10.7. The summed E-state index contributed by atoms with van der Waals surface area (Å²) in [5.41, 5.74) is 2.53. The molecule has 0 amide bonds. The van der Waals surface area contributed by atoms with E-state index in [0.717, 1.165) is 35.9 Å². The maximum Gasteiger partial charge on any atom is 0.263 e. The van der Waals surface area contributed by atoms with Crippen LogP contribution in [-0.2, 0) is 25.9 Å². The molecule has 0 radical (unpaired) electrons. The van der Waals surface area contributed by atoms with Crippen molar-refractivity contribution in [3.05, 3.63) is 68.8 Å². The Balaban J connectivity index is 1.49. The highest BCUT2D eigenvalue weighted by Gasteiger charge is 2.22. The first kappa shape index (κ1) is 19.9. The van der Waals surface area contributed by atoms with Crippen molar-refractivity contribution in [2.45, 2.75) is 52.1 Å². The molecule has 160 valence electrons. The van der Waals surface area contributed by atoms with Crippen molar-refractivity contribution in [1.29, 1.82) is 0 Å². The molecule has 0 aliphatic heterocycles. The van der Waals surface area contributed by atoms with Gasteiger partial charge in [-0.05, 0) is 43.7 Å². The molecule has 1 N–H and O–H groups in total. The smallest absolute Gasteiger partial charge is 0.263 e. The number of rotatable bonds is 6. The van der Waals surface area contributed by atoms with Crippen LogP contribution in [0.15, 0.2) is 41.5 Å². The minimum absolute atomic E-state index is 0.0347. The highest BCUT2D eigenvalue weighted by molar-refractivity contribution is 7.18. The summed E-state index contributed by atoms with van der Waals surface area (Å²) in [5, 5.41) is 8.41. The van der Waals surface area contributed by atoms with Gasteiger partial charge in [0.2, 0.25) is 5.95 Å². The second kappa shape index (κ2) is 8.26. The van der Waals surface area contributed by atoms with Crippen LogP contribution in [-0.4, -0.2) is 19.3 Å². The van der Waals surface area contributed by atoms with E-state index in [4.69, 9.17) is 4.98 Å². The Hall–Kier alpha value is -3.00. The minimum Gasteiger partial charge on any atom is -0.323 e. The molecule has 6 nitrogen and oxygen atoms in total. The van der Waals surface area contributed by atoms with Gasteiger partial charge in [0.1, 0.15) is 10.6 Å². The van der Waals surface area contributed by atoms with Crippen molar-refractivity contribution in [2.24, 2.45) is 0 Å². The van der Waals surface area contributed by atoms with Gasteiger partial charge in [0.05, 0.1) is 23.8 Å². The summed E-state index contributed by atoms with van der Waals surface area (Å²) >= 11 is 1.65. The number of aryl methyl sites for hydroxylation is 2. The zero-order valence-electron chi connectivity index (χ0n) is 17.4. The van der Waals surface area contributed by atoms with E-state index in [2.05, 4.69) is 17.3 Å². The topological polar surface area (TPSA) is 64.7 Å². The lowest BCUT2D eigenvalue weighted by Gasteiger charge is -2.13. The Morgan fingerprint density at radius 2 is 2.06 bits per heavy atom. The predicted molar refractivity (Wildman–Crippen MR) is 122 cm³/mol. The largest absolute Gasteiger partial charge is 0.323 e. The lowest BCUT2D eigenvalue weighted by atomic mass is 9.97. The van der Waals surface area contributed by atoms with Gasteiger partial charge >= 0.3 is 0 Å². The molecular formula is C23H24FN5OS. The third-order valence-electron chi connectivity index (χ3n) is 5.70. The van der Waals surface area contributed by atoms with Crippen LogP contribution in [0.5, 0.6) is 0 Å². The third-order valence-corrected chi connectivity index (χ3v) is 6.89. The molecule has 1 aromatic carbocycles. The van der Waals surface area contributed by atoms with Crippen LogP contribution in [0, 0.1) is 5.82 Å². The summed E-state index contributed by atoms with van der Waals surface area (Å²) in [7, 11) is 0. The maximum absolute atomic E-state index is 14.0. The second-order valence-electron chi connectivity index (χ2n) is 7.93. The monoisotopic (exact) mass is 437 g/mol. The van der Waals surface area contributed by atoms with Crippen molar-refractivity contribution < 1.29 is 4.39 Å². The molecule has 8 heteroatoms. The minimum atomic E-state index is -0.252. The van der Waals surface area contributed by atoms with Crippen molar-refractivity contribution in [3.8, 4) is 0 Å². The Morgan fingerprint density at radius 1 is 1.23 bits per heavy atom. The van der Waals surface area contributed by atoms with Gasteiger partial charge in [-0.2, -0.15) is 5.10 Å². The Labute approximate surface area is 183 Å². The van der Waals surface area contributed by atoms with Crippen LogP contribution < -0.4 is 10.9 Å². The number of hydrogen-bond donors (Lipinski definition) is 1. The molecule has 0 bridgehead atoms. The van der Waals surface area contributed by atoms with Gasteiger partial charge in [-0.1, -0.05) is 25.1 Å². The van der Waals surface area contributed by atoms with Crippen molar-refractivity contribution in [1.82, 2.24) is 19.3 Å². The highest BCUT2D eigenvalue weighted by atomic mass is 32.1. The molecule has 1 aliphatic carbocycles. The van der Waals surface area contributed by atoms with Crippen LogP contribution >= 0.6 is 11.3 Å². The number of hydrogen-bond acceptors (Lipinski definition) is 5. The molecule has 5 rings (SSSR count). The SMILES string of the molecule is CCCn1c(Nc2cnn(Cc3ccccc3F)c2)nc2sc3c(c2c1=O)CCCC3. The van der Waals surface area contributed by atoms with Gasteiger partial charge < -0.3 is 5.32 Å². The molecular weight excluding hydrogens is 413 g/mol. The van der Waals surface area contributed by atoms with E-state index >= 15 is 0 Å². The van der Waals surface area contributed by atoms with E-state index < -0.39 is 0 Å². The first-order chi connectivity index (χ1) is 15.1. The second-order valence-corrected chi connectivity index (χ2v) is 9.01. The molecule has 1 aliphatic rings. The lowest BCUT2D eigenvalue weighted by Crippen LogP contribution is -2.24. The van der Waals surface area contributed by atoms with Crippen LogP contribution in [0.25, 0.3) is 10.2 Å². The number of nitrogens with one attached hydrogen (secondary N) is 1. The fourth-order valence-electron chi connectivity index (χ4n) is 4.21. The first-order valence-corrected chi connectivity index (χ1v) is 11.5. The van der Waals surface area contributed by atoms with E-state index in [0.29, 0.717) is 30.3 Å². The molecule has 3 aromatic heterocycles. The Kier molecular flexibility index (Phi) is 5.31. The number of thiophene rings is 1. The Bertz CT molecular complexity index is 1310. The fourth-order valence-corrected chi connectivity index (χ4v) is 5.46. The summed E-state index contributed by atoms with van der Waals surface area (Å²) in [6.07, 6.45) is 8.62. The van der Waals surface area contributed by atoms with Crippen LogP contribution in [0.2, 0.25) is 0 Å². The summed E-state index contributed by atoms with van der Waals surface area (Å²) in [4.78, 5) is 20.3. The number of anilines is 2. The van der Waals surface area contributed by atoms with Crippen LogP contribution in [0.1, 0.15) is 42.2 Å². The zero-order valence-corrected chi connectivity index (χ0v) is 18.2. The van der Waals surface area contributed by atoms with Gasteiger partial charge in [-0.25, -0.2) is 9.37 Å². The number of fused-ring (bicyclic) bond motifs is 3. The van der Waals surface area contributed by atoms with E-state index in [-0.39, 0.29) is 11.4 Å². The summed E-state index contributed by atoms with van der Waals surface area (Å²) in [6, 6.07) is 6.68. The average molecular weight is 438 g/mol. The summed E-state index contributed by atoms with van der Waals surface area (Å²) in [5.74, 6) is 0.279. The number of nitrogens with zero attached hydrogens (tertiary/aromatic N) is 4. The molecule has 0 spiro atoms. The lowest BCUT2D eigenvalue weighted by molar-refractivity contribution is 0.585. The number of halogens is 1. The number of benzene rings is 1. The fraction of sp³-hybridized carbons (Fsp3) is 0.348. The standard InChI is InChI=1S/C23H24FN5OS/c1-2-11-29-22(30)20-17-8-4-6-10-19(17)31-21(20)27-23(29)26-16-12-25-28(14-16)13-15-7-3-5-9-18(15)24/h3,5,7,9,12,14H,2,4,6,8,10-11,13H2,1H3,(H,26,27). The van der Waals surface area contributed by atoms with Gasteiger partial charge in [-0.15, -0.1) is 11.3 Å². The molecule has 0 atom stereocenters. The quantitative estimate of drug-likeness (QED) is 0.467. The third kappa shape index (κ3) is 3.76.